The second kappa shape index (κ2) is 5.75. The fourth-order valence-corrected chi connectivity index (χ4v) is 3.19. The molecule has 1 unspecified atom stereocenters. The standard InChI is InChI=1S/C14H20N4O2S/c1-9-6-15-11-12(9)18(14(21)16-13(11)19)8-10-7-17(2)4-3-5-20-10/h6,10,15H,3-5,7-8H2,1-2H3,(H,16,19,21). The summed E-state index contributed by atoms with van der Waals surface area (Å²) < 4.78 is 8.34. The first-order valence-electron chi connectivity index (χ1n) is 7.17. The van der Waals surface area contributed by atoms with E-state index >= 15 is 0 Å². The van der Waals surface area contributed by atoms with Gasteiger partial charge >= 0.3 is 0 Å². The van der Waals surface area contributed by atoms with Crippen molar-refractivity contribution in [2.24, 2.45) is 0 Å². The topological polar surface area (TPSA) is 66.0 Å². The van der Waals surface area contributed by atoms with Crippen LogP contribution in [0.3, 0.4) is 0 Å². The highest BCUT2D eigenvalue weighted by Gasteiger charge is 2.19. The second-order valence-corrected chi connectivity index (χ2v) is 6.06. The number of aromatic amines is 2. The number of aryl methyl sites for hydroxylation is 1. The SMILES string of the molecule is Cc1c[nH]c2c(=O)[nH]c(=S)n(CC3CN(C)CCCO3)c12. The molecule has 2 aromatic rings. The van der Waals surface area contributed by atoms with Gasteiger partial charge in [0.15, 0.2) is 4.77 Å². The molecule has 2 N–H and O–H groups in total. The maximum Gasteiger partial charge on any atom is 0.276 e. The summed E-state index contributed by atoms with van der Waals surface area (Å²) in [6.07, 6.45) is 2.96. The molecule has 1 saturated heterocycles. The van der Waals surface area contributed by atoms with Crippen molar-refractivity contribution in [1.29, 1.82) is 0 Å². The lowest BCUT2D eigenvalue weighted by Crippen LogP contribution is -2.32. The molecule has 114 valence electrons. The molecule has 2 aromatic heterocycles. The molecule has 7 heteroatoms. The molecule has 3 heterocycles. The van der Waals surface area contributed by atoms with Gasteiger partial charge in [-0.2, -0.15) is 0 Å². The first-order valence-corrected chi connectivity index (χ1v) is 7.58. The Balaban J connectivity index is 2.02. The van der Waals surface area contributed by atoms with Crippen molar-refractivity contribution in [3.63, 3.8) is 0 Å². The highest BCUT2D eigenvalue weighted by Crippen LogP contribution is 2.16. The van der Waals surface area contributed by atoms with Gasteiger partial charge in [-0.1, -0.05) is 0 Å². The van der Waals surface area contributed by atoms with E-state index in [0.29, 0.717) is 16.8 Å². The molecule has 1 fully saturated rings. The van der Waals surface area contributed by atoms with E-state index in [0.717, 1.165) is 37.2 Å². The largest absolute Gasteiger partial charge is 0.375 e. The number of nitrogens with zero attached hydrogens (tertiary/aromatic N) is 2. The van der Waals surface area contributed by atoms with Crippen molar-refractivity contribution in [3.8, 4) is 0 Å². The van der Waals surface area contributed by atoms with Gasteiger partial charge in [-0.15, -0.1) is 0 Å². The zero-order valence-corrected chi connectivity index (χ0v) is 13.1. The number of aromatic nitrogens is 3. The summed E-state index contributed by atoms with van der Waals surface area (Å²) in [7, 11) is 2.10. The van der Waals surface area contributed by atoms with Crippen molar-refractivity contribution in [1.82, 2.24) is 19.4 Å². The van der Waals surface area contributed by atoms with Crippen LogP contribution >= 0.6 is 12.2 Å². The number of rotatable bonds is 2. The summed E-state index contributed by atoms with van der Waals surface area (Å²) in [6, 6.07) is 0. The van der Waals surface area contributed by atoms with Crippen LogP contribution in [-0.4, -0.2) is 52.3 Å². The van der Waals surface area contributed by atoms with Crippen molar-refractivity contribution in [2.45, 2.75) is 26.0 Å². The summed E-state index contributed by atoms with van der Waals surface area (Å²) in [6.45, 7) is 5.30. The molecule has 0 spiro atoms. The first-order chi connectivity index (χ1) is 10.1. The van der Waals surface area contributed by atoms with E-state index in [-0.39, 0.29) is 11.7 Å². The predicted molar refractivity (Wildman–Crippen MR) is 84.3 cm³/mol. The third-order valence-electron chi connectivity index (χ3n) is 3.95. The molecule has 1 aliphatic heterocycles. The first kappa shape index (κ1) is 14.5. The third-order valence-corrected chi connectivity index (χ3v) is 4.27. The average Bonchev–Trinajstić information content (AvgIpc) is 2.69. The molecular weight excluding hydrogens is 288 g/mol. The van der Waals surface area contributed by atoms with Gasteiger partial charge in [0.2, 0.25) is 0 Å². The molecule has 0 aromatic carbocycles. The minimum absolute atomic E-state index is 0.0765. The van der Waals surface area contributed by atoms with Crippen LogP contribution in [0.25, 0.3) is 11.0 Å². The lowest BCUT2D eigenvalue weighted by molar-refractivity contribution is 0.0456. The lowest BCUT2D eigenvalue weighted by Gasteiger charge is -2.21. The Kier molecular flexibility index (Phi) is 3.97. The number of H-pyrrole nitrogens is 2. The van der Waals surface area contributed by atoms with Gasteiger partial charge < -0.3 is 19.2 Å². The highest BCUT2D eigenvalue weighted by atomic mass is 32.1. The van der Waals surface area contributed by atoms with Crippen LogP contribution in [0, 0.1) is 11.7 Å². The Hall–Kier alpha value is -1.44. The molecule has 0 amide bonds. The van der Waals surface area contributed by atoms with Gasteiger partial charge in [0.05, 0.1) is 18.2 Å². The van der Waals surface area contributed by atoms with E-state index < -0.39 is 0 Å². The number of fused-ring (bicyclic) bond motifs is 1. The maximum absolute atomic E-state index is 12.0. The fourth-order valence-electron chi connectivity index (χ4n) is 2.93. The maximum atomic E-state index is 12.0. The lowest BCUT2D eigenvalue weighted by atomic mass is 10.2. The monoisotopic (exact) mass is 308 g/mol. The number of hydrogen-bond donors (Lipinski definition) is 2. The van der Waals surface area contributed by atoms with E-state index in [1.807, 2.05) is 17.7 Å². The van der Waals surface area contributed by atoms with Crippen LogP contribution in [0.2, 0.25) is 0 Å². The van der Waals surface area contributed by atoms with E-state index in [9.17, 15) is 4.79 Å². The van der Waals surface area contributed by atoms with Crippen molar-refractivity contribution >= 4 is 23.3 Å². The van der Waals surface area contributed by atoms with Gasteiger partial charge in [-0.25, -0.2) is 0 Å². The number of nitrogens with one attached hydrogen (secondary N) is 2. The number of likely N-dealkylation sites (N-methyl/N-ethyl adjacent to an activating group) is 1. The number of hydrogen-bond acceptors (Lipinski definition) is 4. The molecule has 0 saturated carbocycles. The van der Waals surface area contributed by atoms with E-state index in [2.05, 4.69) is 21.9 Å². The Morgan fingerprint density at radius 3 is 3.14 bits per heavy atom. The second-order valence-electron chi connectivity index (χ2n) is 5.67. The van der Waals surface area contributed by atoms with Crippen LogP contribution < -0.4 is 5.56 Å². The number of ether oxygens (including phenoxy) is 1. The molecule has 6 nitrogen and oxygen atoms in total. The van der Waals surface area contributed by atoms with Crippen molar-refractivity contribution < 1.29 is 4.74 Å². The van der Waals surface area contributed by atoms with Gasteiger partial charge in [-0.3, -0.25) is 9.78 Å². The van der Waals surface area contributed by atoms with E-state index in [1.165, 1.54) is 0 Å². The zero-order chi connectivity index (χ0) is 15.0. The molecule has 0 aliphatic carbocycles. The summed E-state index contributed by atoms with van der Waals surface area (Å²) in [4.78, 5) is 20.0. The molecular formula is C14H20N4O2S. The Bertz CT molecular complexity index is 760. The Morgan fingerprint density at radius 2 is 2.33 bits per heavy atom. The van der Waals surface area contributed by atoms with Gasteiger partial charge in [0.25, 0.3) is 5.56 Å². The molecule has 3 rings (SSSR count). The van der Waals surface area contributed by atoms with E-state index in [1.54, 1.807) is 0 Å². The highest BCUT2D eigenvalue weighted by molar-refractivity contribution is 7.71. The van der Waals surface area contributed by atoms with Crippen LogP contribution in [0.1, 0.15) is 12.0 Å². The van der Waals surface area contributed by atoms with Crippen LogP contribution in [0.5, 0.6) is 0 Å². The molecule has 1 atom stereocenters. The molecule has 21 heavy (non-hydrogen) atoms. The molecule has 1 aliphatic rings. The summed E-state index contributed by atoms with van der Waals surface area (Å²) >= 11 is 5.35. The average molecular weight is 308 g/mol. The van der Waals surface area contributed by atoms with Crippen molar-refractivity contribution in [3.05, 3.63) is 26.9 Å². The minimum Gasteiger partial charge on any atom is -0.375 e. The summed E-state index contributed by atoms with van der Waals surface area (Å²) in [5, 5.41) is 0. The van der Waals surface area contributed by atoms with E-state index in [4.69, 9.17) is 17.0 Å². The van der Waals surface area contributed by atoms with Gasteiger partial charge in [-0.05, 0) is 38.2 Å². The predicted octanol–water partition coefficient (Wildman–Crippen LogP) is 1.42. The minimum atomic E-state index is -0.168. The van der Waals surface area contributed by atoms with Gasteiger partial charge in [0, 0.05) is 25.9 Å². The summed E-state index contributed by atoms with van der Waals surface area (Å²) in [5.41, 5.74) is 2.30. The fraction of sp³-hybridized carbons (Fsp3) is 0.571. The quantitative estimate of drug-likeness (QED) is 0.824. The third kappa shape index (κ3) is 2.81. The normalized spacial score (nSPS) is 20.8. The molecule has 0 radical (unpaired) electrons. The van der Waals surface area contributed by atoms with Gasteiger partial charge in [0.1, 0.15) is 5.52 Å². The van der Waals surface area contributed by atoms with Crippen molar-refractivity contribution in [2.75, 3.05) is 26.7 Å². The smallest absolute Gasteiger partial charge is 0.276 e. The zero-order valence-electron chi connectivity index (χ0n) is 12.3. The Morgan fingerprint density at radius 1 is 1.52 bits per heavy atom. The van der Waals surface area contributed by atoms with Crippen LogP contribution in [0.15, 0.2) is 11.0 Å². The summed E-state index contributed by atoms with van der Waals surface area (Å²) in [5.74, 6) is 0. The Labute approximate surface area is 127 Å². The molecule has 0 bridgehead atoms. The van der Waals surface area contributed by atoms with Crippen LogP contribution in [-0.2, 0) is 11.3 Å². The van der Waals surface area contributed by atoms with Crippen LogP contribution in [0.4, 0.5) is 0 Å².